The van der Waals surface area contributed by atoms with E-state index in [1.54, 1.807) is 12.1 Å². The third kappa shape index (κ3) is 2.37. The van der Waals surface area contributed by atoms with E-state index in [1.165, 1.54) is 12.1 Å². The Hall–Kier alpha value is -2.07. The van der Waals surface area contributed by atoms with Gasteiger partial charge in [-0.1, -0.05) is 29.8 Å². The predicted octanol–water partition coefficient (Wildman–Crippen LogP) is 2.37. The molecule has 2 N–H and O–H groups in total. The molecule has 1 aromatic heterocycles. The summed E-state index contributed by atoms with van der Waals surface area (Å²) in [7, 11) is 0. The minimum absolute atomic E-state index is 0.175. The lowest BCUT2D eigenvalue weighted by Crippen LogP contribution is -1.98. The number of aliphatic hydroxyl groups excluding tert-OH is 1. The second-order valence-corrected chi connectivity index (χ2v) is 3.82. The maximum absolute atomic E-state index is 10.6. The zero-order valence-electron chi connectivity index (χ0n) is 9.25. The van der Waals surface area contributed by atoms with Crippen LogP contribution in [0.2, 0.25) is 0 Å². The highest BCUT2D eigenvalue weighted by molar-refractivity contribution is 5.84. The zero-order chi connectivity index (χ0) is 12.4. The van der Waals surface area contributed by atoms with Crippen LogP contribution in [0.3, 0.4) is 0 Å². The Morgan fingerprint density at radius 1 is 1.18 bits per heavy atom. The molecule has 0 saturated carbocycles. The summed E-state index contributed by atoms with van der Waals surface area (Å²) in [6, 6.07) is 10.1. The first-order chi connectivity index (χ1) is 8.08. The average molecular weight is 232 g/mol. The lowest BCUT2D eigenvalue weighted by atomic mass is 10.1. The quantitative estimate of drug-likeness (QED) is 0.852. The molecule has 0 aliphatic rings. The van der Waals surface area contributed by atoms with Crippen molar-refractivity contribution in [2.24, 2.45) is 0 Å². The van der Waals surface area contributed by atoms with Crippen molar-refractivity contribution in [1.29, 1.82) is 0 Å². The van der Waals surface area contributed by atoms with Crippen LogP contribution in [0, 0.1) is 6.92 Å². The third-order valence-corrected chi connectivity index (χ3v) is 2.50. The van der Waals surface area contributed by atoms with Gasteiger partial charge in [0, 0.05) is 0 Å². The number of carboxylic acid groups (broad SMARTS) is 1. The molecule has 0 fully saturated rings. The van der Waals surface area contributed by atoms with Gasteiger partial charge in [0.05, 0.1) is 0 Å². The van der Waals surface area contributed by atoms with E-state index in [0.29, 0.717) is 5.56 Å². The largest absolute Gasteiger partial charge is 0.475 e. The van der Waals surface area contributed by atoms with E-state index >= 15 is 0 Å². The standard InChI is InChI=1S/C13H12O4/c1-8-2-4-9(5-3-8)12(14)10-6-7-11(17-10)13(15)16/h2-7,12,14H,1H3,(H,15,16). The van der Waals surface area contributed by atoms with Crippen LogP contribution >= 0.6 is 0 Å². The first kappa shape index (κ1) is 11.4. The molecule has 0 aliphatic carbocycles. The van der Waals surface area contributed by atoms with Gasteiger partial charge in [0.15, 0.2) is 0 Å². The van der Waals surface area contributed by atoms with Crippen LogP contribution in [0.5, 0.6) is 0 Å². The van der Waals surface area contributed by atoms with Crippen molar-refractivity contribution in [3.05, 3.63) is 59.0 Å². The number of furan rings is 1. The van der Waals surface area contributed by atoms with Crippen molar-refractivity contribution in [3.8, 4) is 0 Å². The van der Waals surface area contributed by atoms with E-state index in [1.807, 2.05) is 19.1 Å². The number of benzene rings is 1. The van der Waals surface area contributed by atoms with Gasteiger partial charge in [-0.2, -0.15) is 0 Å². The highest BCUT2D eigenvalue weighted by Crippen LogP contribution is 2.24. The first-order valence-corrected chi connectivity index (χ1v) is 5.15. The first-order valence-electron chi connectivity index (χ1n) is 5.15. The highest BCUT2D eigenvalue weighted by Gasteiger charge is 2.16. The molecule has 0 spiro atoms. The monoisotopic (exact) mass is 232 g/mol. The second-order valence-electron chi connectivity index (χ2n) is 3.82. The van der Waals surface area contributed by atoms with E-state index in [2.05, 4.69) is 0 Å². The fraction of sp³-hybridized carbons (Fsp3) is 0.154. The molecule has 0 aliphatic heterocycles. The molecule has 1 heterocycles. The molecule has 0 radical (unpaired) electrons. The van der Waals surface area contributed by atoms with Gasteiger partial charge in [-0.25, -0.2) is 4.79 Å². The number of hydrogen-bond donors (Lipinski definition) is 2. The van der Waals surface area contributed by atoms with Crippen molar-refractivity contribution in [1.82, 2.24) is 0 Å². The molecule has 2 aromatic rings. The van der Waals surface area contributed by atoms with Gasteiger partial charge in [0.25, 0.3) is 0 Å². The van der Waals surface area contributed by atoms with Crippen molar-refractivity contribution >= 4 is 5.97 Å². The molecule has 17 heavy (non-hydrogen) atoms. The maximum Gasteiger partial charge on any atom is 0.371 e. The summed E-state index contributed by atoms with van der Waals surface area (Å²) >= 11 is 0. The number of hydrogen-bond acceptors (Lipinski definition) is 3. The number of carbonyl (C=O) groups is 1. The number of aromatic carboxylic acids is 1. The van der Waals surface area contributed by atoms with Crippen molar-refractivity contribution < 1.29 is 19.4 Å². The minimum atomic E-state index is -1.15. The summed E-state index contributed by atoms with van der Waals surface area (Å²) in [4.78, 5) is 10.6. The van der Waals surface area contributed by atoms with Crippen LogP contribution in [-0.4, -0.2) is 16.2 Å². The Kier molecular flexibility index (Phi) is 2.97. The second kappa shape index (κ2) is 4.43. The van der Waals surface area contributed by atoms with Gasteiger partial charge < -0.3 is 14.6 Å². The summed E-state index contributed by atoms with van der Waals surface area (Å²) in [6.45, 7) is 1.95. The molecule has 0 bridgehead atoms. The van der Waals surface area contributed by atoms with Crippen LogP contribution < -0.4 is 0 Å². The van der Waals surface area contributed by atoms with Gasteiger partial charge in [-0.05, 0) is 24.6 Å². The van der Waals surface area contributed by atoms with Gasteiger partial charge in [0.2, 0.25) is 5.76 Å². The Balaban J connectivity index is 2.27. The average Bonchev–Trinajstić information content (AvgIpc) is 2.78. The molecular formula is C13H12O4. The number of aliphatic hydroxyl groups is 1. The Morgan fingerprint density at radius 3 is 2.35 bits per heavy atom. The lowest BCUT2D eigenvalue weighted by molar-refractivity contribution is 0.0655. The molecule has 4 nitrogen and oxygen atoms in total. The van der Waals surface area contributed by atoms with Crippen molar-refractivity contribution in [2.75, 3.05) is 0 Å². The molecule has 1 aromatic carbocycles. The summed E-state index contributed by atoms with van der Waals surface area (Å²) in [5.41, 5.74) is 1.76. The van der Waals surface area contributed by atoms with Gasteiger partial charge in [0.1, 0.15) is 11.9 Å². The summed E-state index contributed by atoms with van der Waals surface area (Å²) in [5.74, 6) is -1.09. The van der Waals surface area contributed by atoms with E-state index in [9.17, 15) is 9.90 Å². The predicted molar refractivity (Wildman–Crippen MR) is 60.9 cm³/mol. The van der Waals surface area contributed by atoms with E-state index < -0.39 is 12.1 Å². The van der Waals surface area contributed by atoms with E-state index in [4.69, 9.17) is 9.52 Å². The van der Waals surface area contributed by atoms with Crippen LogP contribution in [0.25, 0.3) is 0 Å². The van der Waals surface area contributed by atoms with Crippen molar-refractivity contribution in [2.45, 2.75) is 13.0 Å². The fourth-order valence-corrected chi connectivity index (χ4v) is 1.53. The summed E-state index contributed by atoms with van der Waals surface area (Å²) in [5, 5.41) is 18.7. The smallest absolute Gasteiger partial charge is 0.371 e. The summed E-state index contributed by atoms with van der Waals surface area (Å²) in [6.07, 6.45) is -0.941. The number of rotatable bonds is 3. The maximum atomic E-state index is 10.6. The van der Waals surface area contributed by atoms with Crippen LogP contribution in [0.4, 0.5) is 0 Å². The topological polar surface area (TPSA) is 70.7 Å². The Labute approximate surface area is 98.1 Å². The molecule has 1 atom stereocenters. The van der Waals surface area contributed by atoms with Gasteiger partial charge >= 0.3 is 5.97 Å². The normalized spacial score (nSPS) is 12.4. The Bertz CT molecular complexity index is 525. The fourth-order valence-electron chi connectivity index (χ4n) is 1.53. The number of carboxylic acids is 1. The van der Waals surface area contributed by atoms with E-state index in [-0.39, 0.29) is 11.5 Å². The molecule has 2 rings (SSSR count). The molecule has 88 valence electrons. The number of aryl methyl sites for hydroxylation is 1. The Morgan fingerprint density at radius 2 is 1.82 bits per heavy atom. The van der Waals surface area contributed by atoms with Crippen molar-refractivity contribution in [3.63, 3.8) is 0 Å². The van der Waals surface area contributed by atoms with Gasteiger partial charge in [-0.3, -0.25) is 0 Å². The van der Waals surface area contributed by atoms with Crippen LogP contribution in [-0.2, 0) is 0 Å². The molecule has 1 unspecified atom stereocenters. The molecular weight excluding hydrogens is 220 g/mol. The van der Waals surface area contributed by atoms with Gasteiger partial charge in [-0.15, -0.1) is 0 Å². The zero-order valence-corrected chi connectivity index (χ0v) is 9.25. The molecule has 0 amide bonds. The minimum Gasteiger partial charge on any atom is -0.475 e. The molecule has 0 saturated heterocycles. The SMILES string of the molecule is Cc1ccc(C(O)c2ccc(C(=O)O)o2)cc1. The van der Waals surface area contributed by atoms with Crippen LogP contribution in [0.1, 0.15) is 33.5 Å². The summed E-state index contributed by atoms with van der Waals surface area (Å²) < 4.78 is 5.04. The molecule has 4 heteroatoms. The van der Waals surface area contributed by atoms with Crippen LogP contribution in [0.15, 0.2) is 40.8 Å². The van der Waals surface area contributed by atoms with E-state index in [0.717, 1.165) is 5.56 Å². The lowest BCUT2D eigenvalue weighted by Gasteiger charge is -2.08. The highest BCUT2D eigenvalue weighted by atomic mass is 16.4. The third-order valence-electron chi connectivity index (χ3n) is 2.50.